The second-order valence-corrected chi connectivity index (χ2v) is 8.75. The summed E-state index contributed by atoms with van der Waals surface area (Å²) >= 11 is 0.252. The Balaban J connectivity index is 2.91. The van der Waals surface area contributed by atoms with Crippen LogP contribution in [0.4, 0.5) is 0 Å². The van der Waals surface area contributed by atoms with E-state index in [1.165, 1.54) is 20.4 Å². The van der Waals surface area contributed by atoms with E-state index < -0.39 is 0 Å². The van der Waals surface area contributed by atoms with Crippen LogP contribution in [0.5, 0.6) is 0 Å². The quantitative estimate of drug-likeness (QED) is 0.553. The standard InChI is InChI=1S/C4H10O2S2Se/c1-3(5)7-9-8-4(2)6/h3-6H,1-2H3. The number of hydrogen-bond donors (Lipinski definition) is 2. The van der Waals surface area contributed by atoms with Gasteiger partial charge >= 0.3 is 68.0 Å². The molecule has 0 rings (SSSR count). The Labute approximate surface area is 68.1 Å². The summed E-state index contributed by atoms with van der Waals surface area (Å²) in [6.07, 6.45) is 0. The zero-order valence-electron chi connectivity index (χ0n) is 5.27. The number of hydrogen-bond acceptors (Lipinski definition) is 4. The van der Waals surface area contributed by atoms with Gasteiger partial charge in [0.25, 0.3) is 0 Å². The summed E-state index contributed by atoms with van der Waals surface area (Å²) in [7, 11) is 2.96. The van der Waals surface area contributed by atoms with Crippen molar-refractivity contribution >= 4 is 33.1 Å². The number of rotatable bonds is 4. The number of aliphatic hydroxyl groups is 2. The van der Waals surface area contributed by atoms with Gasteiger partial charge in [0.05, 0.1) is 0 Å². The molecule has 56 valence electrons. The van der Waals surface area contributed by atoms with Crippen LogP contribution in [0.25, 0.3) is 0 Å². The van der Waals surface area contributed by atoms with E-state index in [-0.39, 0.29) is 23.6 Å². The first-order valence-electron chi connectivity index (χ1n) is 2.48. The van der Waals surface area contributed by atoms with E-state index in [0.717, 1.165) is 0 Å². The molecule has 9 heavy (non-hydrogen) atoms. The van der Waals surface area contributed by atoms with Gasteiger partial charge in [0.15, 0.2) is 0 Å². The Morgan fingerprint density at radius 3 is 1.67 bits per heavy atom. The molecule has 0 aliphatic rings. The van der Waals surface area contributed by atoms with Gasteiger partial charge in [-0.25, -0.2) is 0 Å². The van der Waals surface area contributed by atoms with Crippen molar-refractivity contribution in [2.24, 2.45) is 0 Å². The fourth-order valence-corrected chi connectivity index (χ4v) is 6.38. The minimum absolute atomic E-state index is 0.252. The molecule has 0 saturated carbocycles. The van der Waals surface area contributed by atoms with E-state index in [9.17, 15) is 0 Å². The molecule has 0 aromatic carbocycles. The molecule has 2 atom stereocenters. The van der Waals surface area contributed by atoms with Gasteiger partial charge in [-0.05, 0) is 0 Å². The summed E-state index contributed by atoms with van der Waals surface area (Å²) in [5, 5.41) is 17.5. The summed E-state index contributed by atoms with van der Waals surface area (Å²) in [5.74, 6) is 0. The summed E-state index contributed by atoms with van der Waals surface area (Å²) < 4.78 is 0. The van der Waals surface area contributed by atoms with Crippen molar-refractivity contribution in [3.8, 4) is 0 Å². The second-order valence-electron chi connectivity index (χ2n) is 1.46. The summed E-state index contributed by atoms with van der Waals surface area (Å²) in [6, 6.07) is 0. The van der Waals surface area contributed by atoms with Crippen molar-refractivity contribution in [2.75, 3.05) is 0 Å². The predicted octanol–water partition coefficient (Wildman–Crippen LogP) is 0.664. The van der Waals surface area contributed by atoms with Gasteiger partial charge in [-0.2, -0.15) is 0 Å². The van der Waals surface area contributed by atoms with Crippen LogP contribution in [0.1, 0.15) is 13.8 Å². The minimum atomic E-state index is -0.295. The molecule has 5 heteroatoms. The van der Waals surface area contributed by atoms with Crippen LogP contribution in [-0.2, 0) is 0 Å². The topological polar surface area (TPSA) is 40.5 Å². The molecule has 0 spiro atoms. The zero-order valence-corrected chi connectivity index (χ0v) is 8.62. The van der Waals surface area contributed by atoms with Crippen LogP contribution in [0, 0.1) is 0 Å². The van der Waals surface area contributed by atoms with Crippen LogP contribution in [0.15, 0.2) is 0 Å². The molecule has 0 aliphatic carbocycles. The van der Waals surface area contributed by atoms with E-state index >= 15 is 0 Å². The maximum atomic E-state index is 8.75. The van der Waals surface area contributed by atoms with Crippen molar-refractivity contribution in [1.29, 1.82) is 0 Å². The zero-order chi connectivity index (χ0) is 7.28. The molecule has 0 aromatic rings. The predicted molar refractivity (Wildman–Crippen MR) is 44.3 cm³/mol. The van der Waals surface area contributed by atoms with Crippen molar-refractivity contribution in [3.63, 3.8) is 0 Å². The average molecular weight is 233 g/mol. The molecule has 0 bridgehead atoms. The van der Waals surface area contributed by atoms with E-state index in [4.69, 9.17) is 10.2 Å². The third-order valence-corrected chi connectivity index (χ3v) is 8.02. The fourth-order valence-electron chi connectivity index (χ4n) is 0.136. The fraction of sp³-hybridized carbons (Fsp3) is 1.00. The Kier molecular flexibility index (Phi) is 6.64. The van der Waals surface area contributed by atoms with E-state index in [2.05, 4.69) is 0 Å². The normalized spacial score (nSPS) is 17.3. The molecule has 0 aliphatic heterocycles. The van der Waals surface area contributed by atoms with Crippen LogP contribution < -0.4 is 0 Å². The van der Waals surface area contributed by atoms with Crippen LogP contribution >= 0.6 is 20.4 Å². The van der Waals surface area contributed by atoms with Gasteiger partial charge in [0.1, 0.15) is 0 Å². The molecule has 0 fully saturated rings. The average Bonchev–Trinajstić information content (AvgIpc) is 1.63. The third kappa shape index (κ3) is 9.14. The monoisotopic (exact) mass is 234 g/mol. The summed E-state index contributed by atoms with van der Waals surface area (Å²) in [4.78, 5) is 0. The van der Waals surface area contributed by atoms with Gasteiger partial charge in [0.2, 0.25) is 0 Å². The van der Waals surface area contributed by atoms with E-state index in [1.807, 2.05) is 0 Å². The van der Waals surface area contributed by atoms with Crippen LogP contribution in [-0.4, -0.2) is 33.8 Å². The molecule has 2 N–H and O–H groups in total. The molecule has 0 aromatic heterocycles. The summed E-state index contributed by atoms with van der Waals surface area (Å²) in [5.41, 5.74) is -0.590. The first kappa shape index (κ1) is 10.1. The van der Waals surface area contributed by atoms with Gasteiger partial charge in [-0.3, -0.25) is 0 Å². The molecule has 2 nitrogen and oxygen atoms in total. The molecule has 0 radical (unpaired) electrons. The second kappa shape index (κ2) is 5.89. The first-order chi connectivity index (χ1) is 4.13. The van der Waals surface area contributed by atoms with Gasteiger partial charge in [0, 0.05) is 0 Å². The van der Waals surface area contributed by atoms with Gasteiger partial charge in [-0.15, -0.1) is 0 Å². The van der Waals surface area contributed by atoms with Crippen molar-refractivity contribution in [3.05, 3.63) is 0 Å². The van der Waals surface area contributed by atoms with Crippen molar-refractivity contribution in [2.45, 2.75) is 24.7 Å². The van der Waals surface area contributed by atoms with E-state index in [0.29, 0.717) is 0 Å². The molecule has 2 unspecified atom stereocenters. The maximum absolute atomic E-state index is 8.75. The van der Waals surface area contributed by atoms with Crippen molar-refractivity contribution in [1.82, 2.24) is 0 Å². The number of aliphatic hydroxyl groups excluding tert-OH is 2. The Bertz CT molecular complexity index is 61.6. The van der Waals surface area contributed by atoms with Crippen molar-refractivity contribution < 1.29 is 10.2 Å². The Hall–Kier alpha value is 1.14. The Morgan fingerprint density at radius 1 is 1.11 bits per heavy atom. The van der Waals surface area contributed by atoms with Crippen LogP contribution in [0.3, 0.4) is 0 Å². The molecule has 0 saturated heterocycles. The first-order valence-corrected chi connectivity index (χ1v) is 8.28. The summed E-state index contributed by atoms with van der Waals surface area (Å²) in [6.45, 7) is 3.46. The van der Waals surface area contributed by atoms with Gasteiger partial charge < -0.3 is 0 Å². The molecular formula is C4H10O2S2Se. The van der Waals surface area contributed by atoms with Crippen LogP contribution in [0.2, 0.25) is 0 Å². The van der Waals surface area contributed by atoms with Gasteiger partial charge in [-0.1, -0.05) is 0 Å². The third-order valence-electron chi connectivity index (χ3n) is 0.357. The molecular weight excluding hydrogens is 223 g/mol. The molecule has 0 heterocycles. The van der Waals surface area contributed by atoms with E-state index in [1.54, 1.807) is 13.8 Å². The SMILES string of the molecule is CC(O)S[Se]SC(C)O. The molecule has 0 amide bonds. The Morgan fingerprint density at radius 2 is 1.44 bits per heavy atom.